The van der Waals surface area contributed by atoms with Crippen LogP contribution in [0.4, 0.5) is 4.39 Å². The molecule has 4 nitrogen and oxygen atoms in total. The zero-order chi connectivity index (χ0) is 16.6. The van der Waals surface area contributed by atoms with Gasteiger partial charge in [-0.2, -0.15) is 0 Å². The molecular weight excluding hydrogens is 311 g/mol. The number of carbonyl (C=O) groups is 1. The molecule has 1 aliphatic rings. The summed E-state index contributed by atoms with van der Waals surface area (Å²) in [5.74, 6) is -0.0848. The van der Waals surface area contributed by atoms with Crippen molar-refractivity contribution in [1.29, 1.82) is 0 Å². The van der Waals surface area contributed by atoms with Crippen molar-refractivity contribution in [3.8, 4) is 5.75 Å². The van der Waals surface area contributed by atoms with Gasteiger partial charge in [0, 0.05) is 25.6 Å². The van der Waals surface area contributed by atoms with Gasteiger partial charge >= 0.3 is 0 Å². The molecule has 124 valence electrons. The molecule has 2 N–H and O–H groups in total. The molecule has 0 saturated carbocycles. The normalized spacial score (nSPS) is 18.1. The van der Waals surface area contributed by atoms with Crippen molar-refractivity contribution in [2.45, 2.75) is 44.1 Å². The SMILES string of the molecule is COc1cc(F)cc2[nH]c(C(=O)NC3CC[Si](C)(C)CC3)cc12. The number of aromatic amines is 1. The average Bonchev–Trinajstić information content (AvgIpc) is 2.92. The van der Waals surface area contributed by atoms with Crippen molar-refractivity contribution < 1.29 is 13.9 Å². The molecule has 1 aromatic heterocycles. The van der Waals surface area contributed by atoms with Gasteiger partial charge in [0.05, 0.1) is 12.6 Å². The summed E-state index contributed by atoms with van der Waals surface area (Å²) in [6.07, 6.45) is 2.12. The lowest BCUT2D eigenvalue weighted by molar-refractivity contribution is 0.0929. The molecule has 6 heteroatoms. The Labute approximate surface area is 136 Å². The lowest BCUT2D eigenvalue weighted by Gasteiger charge is -2.33. The summed E-state index contributed by atoms with van der Waals surface area (Å²) in [5.41, 5.74) is 1.02. The fourth-order valence-electron chi connectivity index (χ4n) is 3.27. The van der Waals surface area contributed by atoms with Crippen LogP contribution in [-0.2, 0) is 0 Å². The maximum atomic E-state index is 13.5. The van der Waals surface area contributed by atoms with Gasteiger partial charge in [0.15, 0.2) is 0 Å². The maximum absolute atomic E-state index is 13.5. The van der Waals surface area contributed by atoms with E-state index in [9.17, 15) is 9.18 Å². The van der Waals surface area contributed by atoms with E-state index >= 15 is 0 Å². The zero-order valence-corrected chi connectivity index (χ0v) is 14.8. The molecule has 1 amide bonds. The second-order valence-electron chi connectivity index (χ2n) is 7.16. The van der Waals surface area contributed by atoms with E-state index in [0.717, 1.165) is 18.2 Å². The Morgan fingerprint density at radius 3 is 2.65 bits per heavy atom. The van der Waals surface area contributed by atoms with E-state index in [1.807, 2.05) is 0 Å². The minimum atomic E-state index is -1.03. The molecule has 0 spiro atoms. The highest BCUT2D eigenvalue weighted by Gasteiger charge is 2.29. The van der Waals surface area contributed by atoms with Gasteiger partial charge in [0.1, 0.15) is 17.3 Å². The number of carbonyl (C=O) groups excluding carboxylic acids is 1. The van der Waals surface area contributed by atoms with Gasteiger partial charge in [-0.15, -0.1) is 0 Å². The first kappa shape index (κ1) is 16.0. The molecule has 2 heterocycles. The molecule has 3 rings (SSSR count). The van der Waals surface area contributed by atoms with Crippen molar-refractivity contribution in [2.24, 2.45) is 0 Å². The van der Waals surface area contributed by atoms with Gasteiger partial charge in [0.2, 0.25) is 0 Å². The fourth-order valence-corrected chi connectivity index (χ4v) is 5.78. The summed E-state index contributed by atoms with van der Waals surface area (Å²) in [4.78, 5) is 15.5. The van der Waals surface area contributed by atoms with E-state index < -0.39 is 8.07 Å². The Kier molecular flexibility index (Phi) is 4.18. The number of ether oxygens (including phenoxy) is 1. The van der Waals surface area contributed by atoms with Crippen LogP contribution in [0, 0.1) is 5.82 Å². The van der Waals surface area contributed by atoms with Crippen molar-refractivity contribution in [2.75, 3.05) is 7.11 Å². The molecule has 23 heavy (non-hydrogen) atoms. The smallest absolute Gasteiger partial charge is 0.267 e. The molecule has 1 aromatic carbocycles. The number of benzene rings is 1. The van der Waals surface area contributed by atoms with E-state index in [4.69, 9.17) is 4.74 Å². The molecule has 1 saturated heterocycles. The highest BCUT2D eigenvalue weighted by Crippen LogP contribution is 2.30. The largest absolute Gasteiger partial charge is 0.496 e. The summed E-state index contributed by atoms with van der Waals surface area (Å²) in [6.45, 7) is 4.81. The summed E-state index contributed by atoms with van der Waals surface area (Å²) in [6, 6.07) is 7.18. The van der Waals surface area contributed by atoms with Crippen LogP contribution in [0.2, 0.25) is 25.2 Å². The topological polar surface area (TPSA) is 54.1 Å². The Bertz CT molecular complexity index is 732. The lowest BCUT2D eigenvalue weighted by Crippen LogP contribution is -2.42. The molecule has 0 atom stereocenters. The quantitative estimate of drug-likeness (QED) is 0.836. The maximum Gasteiger partial charge on any atom is 0.267 e. The van der Waals surface area contributed by atoms with E-state index in [2.05, 4.69) is 23.4 Å². The first-order chi connectivity index (χ1) is 10.9. The van der Waals surface area contributed by atoms with Crippen LogP contribution in [0.3, 0.4) is 0 Å². The van der Waals surface area contributed by atoms with Gasteiger partial charge < -0.3 is 15.0 Å². The average molecular weight is 334 g/mol. The van der Waals surface area contributed by atoms with Gasteiger partial charge in [0.25, 0.3) is 5.91 Å². The van der Waals surface area contributed by atoms with E-state index in [-0.39, 0.29) is 17.8 Å². The van der Waals surface area contributed by atoms with E-state index in [1.54, 1.807) is 6.07 Å². The number of rotatable bonds is 3. The second kappa shape index (κ2) is 6.00. The Morgan fingerprint density at radius 1 is 1.30 bits per heavy atom. The zero-order valence-electron chi connectivity index (χ0n) is 13.8. The standard InChI is InChI=1S/C17H23FN2O2Si/c1-22-16-9-11(18)8-14-13(16)10-15(20-14)17(21)19-12-4-6-23(2,3)7-5-12/h8-10,12,20H,4-7H2,1-3H3,(H,19,21). The molecule has 0 unspecified atom stereocenters. The molecule has 2 aromatic rings. The first-order valence-electron chi connectivity index (χ1n) is 8.05. The Hall–Kier alpha value is -1.82. The van der Waals surface area contributed by atoms with Crippen molar-refractivity contribution in [3.05, 3.63) is 29.7 Å². The van der Waals surface area contributed by atoms with Crippen LogP contribution in [0.5, 0.6) is 5.75 Å². The van der Waals surface area contributed by atoms with Crippen LogP contribution in [0.15, 0.2) is 18.2 Å². The van der Waals surface area contributed by atoms with Gasteiger partial charge in [-0.05, 0) is 25.0 Å². The summed E-state index contributed by atoms with van der Waals surface area (Å²) in [7, 11) is 0.470. The minimum Gasteiger partial charge on any atom is -0.496 e. The molecule has 1 fully saturated rings. The molecule has 0 aliphatic carbocycles. The predicted molar refractivity (Wildman–Crippen MR) is 92.4 cm³/mol. The number of amides is 1. The number of hydrogen-bond acceptors (Lipinski definition) is 2. The van der Waals surface area contributed by atoms with Crippen molar-refractivity contribution >= 4 is 24.9 Å². The highest BCUT2D eigenvalue weighted by atomic mass is 28.3. The van der Waals surface area contributed by atoms with Crippen LogP contribution >= 0.6 is 0 Å². The highest BCUT2D eigenvalue weighted by molar-refractivity contribution is 6.77. The molecule has 1 aliphatic heterocycles. The predicted octanol–water partition coefficient (Wildman–Crippen LogP) is 3.92. The number of methoxy groups -OCH3 is 1. The summed E-state index contributed by atoms with van der Waals surface area (Å²) in [5, 5.41) is 3.82. The third-order valence-electron chi connectivity index (χ3n) is 4.80. The summed E-state index contributed by atoms with van der Waals surface area (Å²) < 4.78 is 18.7. The monoisotopic (exact) mass is 334 g/mol. The number of fused-ring (bicyclic) bond motifs is 1. The van der Waals surface area contributed by atoms with E-state index in [1.165, 1.54) is 31.3 Å². The van der Waals surface area contributed by atoms with Crippen LogP contribution in [0.1, 0.15) is 23.3 Å². The van der Waals surface area contributed by atoms with Crippen LogP contribution < -0.4 is 10.1 Å². The molecular formula is C17H23FN2O2Si. The van der Waals surface area contributed by atoms with Crippen LogP contribution in [0.25, 0.3) is 10.9 Å². The minimum absolute atomic E-state index is 0.130. The third-order valence-corrected chi connectivity index (χ3v) is 8.09. The molecule has 0 bridgehead atoms. The van der Waals surface area contributed by atoms with Gasteiger partial charge in [-0.1, -0.05) is 25.2 Å². The van der Waals surface area contributed by atoms with Crippen LogP contribution in [-0.4, -0.2) is 32.1 Å². The number of nitrogens with one attached hydrogen (secondary N) is 2. The van der Waals surface area contributed by atoms with Crippen molar-refractivity contribution in [3.63, 3.8) is 0 Å². The number of hydrogen-bond donors (Lipinski definition) is 2. The van der Waals surface area contributed by atoms with Gasteiger partial charge in [-0.25, -0.2) is 4.39 Å². The fraction of sp³-hybridized carbons (Fsp3) is 0.471. The second-order valence-corrected chi connectivity index (χ2v) is 12.5. The number of aromatic nitrogens is 1. The first-order valence-corrected chi connectivity index (χ1v) is 11.5. The van der Waals surface area contributed by atoms with Crippen molar-refractivity contribution in [1.82, 2.24) is 10.3 Å². The van der Waals surface area contributed by atoms with Gasteiger partial charge in [-0.3, -0.25) is 4.79 Å². The number of halogens is 1. The third kappa shape index (κ3) is 3.42. The Morgan fingerprint density at radius 2 is 2.00 bits per heavy atom. The summed E-state index contributed by atoms with van der Waals surface area (Å²) >= 11 is 0. The Balaban J connectivity index is 1.76. The number of H-pyrrole nitrogens is 1. The molecule has 0 radical (unpaired) electrons. The lowest BCUT2D eigenvalue weighted by atomic mass is 10.1. The van der Waals surface area contributed by atoms with E-state index in [0.29, 0.717) is 17.0 Å².